The summed E-state index contributed by atoms with van der Waals surface area (Å²) in [4.78, 5) is 30.2. The lowest BCUT2D eigenvalue weighted by molar-refractivity contribution is 0.0544. The zero-order valence-corrected chi connectivity index (χ0v) is 17.5. The van der Waals surface area contributed by atoms with Crippen molar-refractivity contribution in [3.63, 3.8) is 0 Å². The fourth-order valence-electron chi connectivity index (χ4n) is 4.87. The maximum absolute atomic E-state index is 13.0. The number of fused-ring (bicyclic) bond motifs is 3. The third kappa shape index (κ3) is 3.27. The lowest BCUT2D eigenvalue weighted by Gasteiger charge is -2.37. The van der Waals surface area contributed by atoms with Gasteiger partial charge in [0.15, 0.2) is 17.3 Å². The van der Waals surface area contributed by atoms with Crippen molar-refractivity contribution in [3.8, 4) is 11.5 Å². The van der Waals surface area contributed by atoms with Gasteiger partial charge in [-0.25, -0.2) is 0 Å². The van der Waals surface area contributed by atoms with Gasteiger partial charge in [0, 0.05) is 36.7 Å². The number of carbonyl (C=O) groups excluding carboxylic acids is 2. The molecule has 2 fully saturated rings. The van der Waals surface area contributed by atoms with Gasteiger partial charge in [-0.1, -0.05) is 6.07 Å². The summed E-state index contributed by atoms with van der Waals surface area (Å²) in [5, 5.41) is 3.66. The molecule has 2 saturated heterocycles. The molecule has 0 radical (unpaired) electrons. The number of para-hydroxylation sites is 1. The highest BCUT2D eigenvalue weighted by molar-refractivity contribution is 6.07. The SMILES string of the molecule is O=C(Nc1ccc2oc(C(=O)N3CCN4CCCC4C3)cc2c1)c1cccc2c1OCO2. The highest BCUT2D eigenvalue weighted by Gasteiger charge is 2.33. The van der Waals surface area contributed by atoms with Crippen LogP contribution in [0.25, 0.3) is 11.0 Å². The molecule has 164 valence electrons. The number of nitrogens with one attached hydrogen (secondary N) is 1. The van der Waals surface area contributed by atoms with E-state index in [1.165, 1.54) is 6.42 Å². The van der Waals surface area contributed by atoms with Crippen molar-refractivity contribution < 1.29 is 23.5 Å². The first-order valence-electron chi connectivity index (χ1n) is 10.9. The van der Waals surface area contributed by atoms with Gasteiger partial charge in [-0.15, -0.1) is 0 Å². The van der Waals surface area contributed by atoms with Gasteiger partial charge < -0.3 is 24.1 Å². The molecule has 1 aromatic heterocycles. The largest absolute Gasteiger partial charge is 0.454 e. The molecule has 0 aliphatic carbocycles. The van der Waals surface area contributed by atoms with E-state index in [2.05, 4.69) is 10.2 Å². The van der Waals surface area contributed by atoms with Crippen molar-refractivity contribution in [2.45, 2.75) is 18.9 Å². The third-order valence-corrected chi connectivity index (χ3v) is 6.50. The maximum Gasteiger partial charge on any atom is 0.289 e. The van der Waals surface area contributed by atoms with Crippen LogP contribution in [0.5, 0.6) is 11.5 Å². The van der Waals surface area contributed by atoms with Crippen LogP contribution in [0.1, 0.15) is 33.8 Å². The molecule has 0 bridgehead atoms. The van der Waals surface area contributed by atoms with Crippen LogP contribution >= 0.6 is 0 Å². The second kappa shape index (κ2) is 7.56. The van der Waals surface area contributed by atoms with Crippen LogP contribution in [0.3, 0.4) is 0 Å². The maximum atomic E-state index is 13.0. The number of nitrogens with zero attached hydrogens (tertiary/aromatic N) is 2. The highest BCUT2D eigenvalue weighted by Crippen LogP contribution is 2.36. The zero-order valence-electron chi connectivity index (χ0n) is 17.5. The summed E-state index contributed by atoms with van der Waals surface area (Å²) in [6.07, 6.45) is 2.35. The first-order chi connectivity index (χ1) is 15.7. The summed E-state index contributed by atoms with van der Waals surface area (Å²) in [6.45, 7) is 3.64. The van der Waals surface area contributed by atoms with E-state index >= 15 is 0 Å². The Kier molecular flexibility index (Phi) is 4.53. The summed E-state index contributed by atoms with van der Waals surface area (Å²) in [7, 11) is 0. The molecule has 4 heterocycles. The molecule has 1 unspecified atom stereocenters. The molecular weight excluding hydrogens is 410 g/mol. The smallest absolute Gasteiger partial charge is 0.289 e. The lowest BCUT2D eigenvalue weighted by atomic mass is 10.1. The third-order valence-electron chi connectivity index (χ3n) is 6.50. The van der Waals surface area contributed by atoms with Crippen LogP contribution in [-0.4, -0.2) is 60.6 Å². The van der Waals surface area contributed by atoms with Gasteiger partial charge >= 0.3 is 0 Å². The van der Waals surface area contributed by atoms with E-state index < -0.39 is 0 Å². The normalized spacial score (nSPS) is 19.9. The zero-order chi connectivity index (χ0) is 21.7. The van der Waals surface area contributed by atoms with Crippen LogP contribution in [0.4, 0.5) is 5.69 Å². The van der Waals surface area contributed by atoms with Crippen molar-refractivity contribution in [2.75, 3.05) is 38.3 Å². The number of anilines is 1. The molecule has 2 amide bonds. The molecule has 8 heteroatoms. The number of rotatable bonds is 3. The van der Waals surface area contributed by atoms with Gasteiger partial charge in [0.25, 0.3) is 11.8 Å². The Morgan fingerprint density at radius 1 is 1.03 bits per heavy atom. The summed E-state index contributed by atoms with van der Waals surface area (Å²) in [5.74, 6) is 0.978. The van der Waals surface area contributed by atoms with Crippen LogP contribution in [0, 0.1) is 0 Å². The Morgan fingerprint density at radius 2 is 1.97 bits per heavy atom. The number of carbonyl (C=O) groups is 2. The summed E-state index contributed by atoms with van der Waals surface area (Å²) in [5.41, 5.74) is 1.63. The Labute approximate surface area is 184 Å². The predicted octanol–water partition coefficient (Wildman–Crippen LogP) is 3.33. The van der Waals surface area contributed by atoms with E-state index in [0.717, 1.165) is 38.0 Å². The quantitative estimate of drug-likeness (QED) is 0.682. The fraction of sp³-hybridized carbons (Fsp3) is 0.333. The molecular formula is C24H23N3O5. The number of hydrogen-bond acceptors (Lipinski definition) is 6. The molecule has 3 aliphatic heterocycles. The van der Waals surface area contributed by atoms with E-state index in [1.54, 1.807) is 36.4 Å². The van der Waals surface area contributed by atoms with Gasteiger partial charge in [0.05, 0.1) is 5.56 Å². The minimum atomic E-state index is -0.291. The van der Waals surface area contributed by atoms with Crippen molar-refractivity contribution in [3.05, 3.63) is 53.8 Å². The van der Waals surface area contributed by atoms with Crippen LogP contribution in [0.15, 0.2) is 46.9 Å². The molecule has 3 aliphatic rings. The standard InChI is InChI=1S/C24H23N3O5/c28-23(18-4-1-5-20-22(18)31-14-30-20)25-16-6-7-19-15(11-16)12-21(32-19)24(29)27-10-9-26-8-2-3-17(26)13-27/h1,4-7,11-12,17H,2-3,8-10,13-14H2,(H,25,28). The second-order valence-corrected chi connectivity index (χ2v) is 8.44. The van der Waals surface area contributed by atoms with Gasteiger partial charge in [0.2, 0.25) is 6.79 Å². The van der Waals surface area contributed by atoms with E-state index in [4.69, 9.17) is 13.9 Å². The molecule has 6 rings (SSSR count). The Balaban J connectivity index is 1.20. The topological polar surface area (TPSA) is 84.3 Å². The molecule has 0 spiro atoms. The van der Waals surface area contributed by atoms with Crippen LogP contribution in [-0.2, 0) is 0 Å². The average molecular weight is 433 g/mol. The summed E-state index contributed by atoms with van der Waals surface area (Å²) in [6, 6.07) is 12.8. The minimum Gasteiger partial charge on any atom is -0.454 e. The number of ether oxygens (including phenoxy) is 2. The minimum absolute atomic E-state index is 0.0738. The summed E-state index contributed by atoms with van der Waals surface area (Å²) < 4.78 is 16.6. The molecule has 3 aromatic rings. The molecule has 1 N–H and O–H groups in total. The van der Waals surface area contributed by atoms with E-state index in [9.17, 15) is 9.59 Å². The van der Waals surface area contributed by atoms with E-state index in [1.807, 2.05) is 11.0 Å². The highest BCUT2D eigenvalue weighted by atomic mass is 16.7. The number of benzene rings is 2. The first-order valence-corrected chi connectivity index (χ1v) is 10.9. The lowest BCUT2D eigenvalue weighted by Crippen LogP contribution is -2.51. The molecule has 8 nitrogen and oxygen atoms in total. The Hall–Kier alpha value is -3.52. The van der Waals surface area contributed by atoms with Gasteiger partial charge in [-0.3, -0.25) is 14.5 Å². The average Bonchev–Trinajstić information content (AvgIpc) is 3.56. The fourth-order valence-corrected chi connectivity index (χ4v) is 4.87. The predicted molar refractivity (Wildman–Crippen MR) is 117 cm³/mol. The van der Waals surface area contributed by atoms with Crippen LogP contribution in [0.2, 0.25) is 0 Å². The van der Waals surface area contributed by atoms with Crippen molar-refractivity contribution >= 4 is 28.5 Å². The molecule has 1 atom stereocenters. The number of hydrogen-bond donors (Lipinski definition) is 1. The second-order valence-electron chi connectivity index (χ2n) is 8.44. The van der Waals surface area contributed by atoms with E-state index in [-0.39, 0.29) is 18.6 Å². The van der Waals surface area contributed by atoms with Gasteiger partial charge in [0.1, 0.15) is 5.58 Å². The molecule has 32 heavy (non-hydrogen) atoms. The summed E-state index contributed by atoms with van der Waals surface area (Å²) >= 11 is 0. The van der Waals surface area contributed by atoms with Gasteiger partial charge in [-0.05, 0) is 55.8 Å². The Bertz CT molecular complexity index is 1220. The van der Waals surface area contributed by atoms with E-state index in [0.29, 0.717) is 40.1 Å². The molecule has 0 saturated carbocycles. The first kappa shape index (κ1) is 19.2. The van der Waals surface area contributed by atoms with Crippen molar-refractivity contribution in [1.29, 1.82) is 0 Å². The van der Waals surface area contributed by atoms with Crippen molar-refractivity contribution in [2.24, 2.45) is 0 Å². The number of amides is 2. The number of furan rings is 1. The van der Waals surface area contributed by atoms with Gasteiger partial charge in [-0.2, -0.15) is 0 Å². The number of piperazine rings is 1. The van der Waals surface area contributed by atoms with Crippen LogP contribution < -0.4 is 14.8 Å². The Morgan fingerprint density at radius 3 is 2.91 bits per heavy atom. The molecule has 2 aromatic carbocycles. The van der Waals surface area contributed by atoms with Crippen molar-refractivity contribution in [1.82, 2.24) is 9.80 Å². The monoisotopic (exact) mass is 433 g/mol.